The molecule has 2 aromatic carbocycles. The molecule has 0 heterocycles. The fourth-order valence-electron chi connectivity index (χ4n) is 12.2. The molecule has 0 N–H and O–H groups in total. The smallest absolute Gasteiger partial charge is 1.00 e. The van der Waals surface area contributed by atoms with Gasteiger partial charge in [-0.1, -0.05) is 167 Å². The summed E-state index contributed by atoms with van der Waals surface area (Å²) in [6, 6.07) is 17.5. The fourth-order valence-corrected chi connectivity index (χ4v) is 13.0. The predicted molar refractivity (Wildman–Crippen MR) is 243 cm³/mol. The Kier molecular flexibility index (Phi) is 14.3. The fraction of sp³-hybridized carbons (Fsp3) is 0.464. The summed E-state index contributed by atoms with van der Waals surface area (Å²) in [6.07, 6.45) is 37.2. The number of aryl methyl sites for hydroxylation is 2. The Labute approximate surface area is 387 Å². The summed E-state index contributed by atoms with van der Waals surface area (Å²) in [7, 11) is 0. The van der Waals surface area contributed by atoms with E-state index < -0.39 is 0 Å². The van der Waals surface area contributed by atoms with Crippen LogP contribution < -0.4 is 24.8 Å². The van der Waals surface area contributed by atoms with Crippen LogP contribution in [0.15, 0.2) is 139 Å². The predicted octanol–water partition coefficient (Wildman–Crippen LogP) is 8.68. The second-order valence-corrected chi connectivity index (χ2v) is 22.0. The SMILES string of the molecule is CC(C)C1[C-]=CC(C(C)(C)C)=C1.CC1=CC=CC2[CH-]C3(C)C4(C)C=CC=CC4(C)C4(C)C=CC=CC4(C)C3(C)C12C.Cc1ccc([C](=[Zr+2])c2ccc(C)cc2)cc1.[Cl-].[Cl-]. The van der Waals surface area contributed by atoms with E-state index in [0.717, 1.165) is 0 Å². The van der Waals surface area contributed by atoms with Gasteiger partial charge in [-0.25, -0.2) is 6.08 Å². The average molecular weight is 905 g/mol. The van der Waals surface area contributed by atoms with Crippen molar-refractivity contribution in [1.29, 1.82) is 0 Å². The summed E-state index contributed by atoms with van der Waals surface area (Å²) in [4.78, 5) is 0. The van der Waals surface area contributed by atoms with Gasteiger partial charge in [-0.05, 0) is 28.6 Å². The van der Waals surface area contributed by atoms with Crippen molar-refractivity contribution in [3.63, 3.8) is 0 Å². The molecular weight excluding hydrogens is 835 g/mol. The summed E-state index contributed by atoms with van der Waals surface area (Å²) < 4.78 is 1.42. The van der Waals surface area contributed by atoms with Crippen molar-refractivity contribution < 1.29 is 49.0 Å². The number of hydrogen-bond donors (Lipinski definition) is 0. The van der Waals surface area contributed by atoms with E-state index in [1.54, 1.807) is 0 Å². The zero-order valence-electron chi connectivity index (χ0n) is 38.7. The molecule has 0 bridgehead atoms. The average Bonchev–Trinajstić information content (AvgIpc) is 3.75. The molecule has 0 nitrogen and oxygen atoms in total. The van der Waals surface area contributed by atoms with Crippen molar-refractivity contribution >= 4 is 3.21 Å². The minimum absolute atomic E-state index is 0. The van der Waals surface area contributed by atoms with Crippen molar-refractivity contribution in [2.45, 2.75) is 104 Å². The zero-order valence-corrected chi connectivity index (χ0v) is 42.7. The molecule has 59 heavy (non-hydrogen) atoms. The molecule has 0 amide bonds. The van der Waals surface area contributed by atoms with Crippen LogP contribution >= 0.6 is 0 Å². The van der Waals surface area contributed by atoms with Crippen molar-refractivity contribution in [1.82, 2.24) is 0 Å². The molecule has 0 saturated heterocycles. The Bertz CT molecular complexity index is 2080. The van der Waals surface area contributed by atoms with Crippen LogP contribution in [0, 0.1) is 87.4 Å². The first-order valence-electron chi connectivity index (χ1n) is 21.5. The van der Waals surface area contributed by atoms with E-state index in [1.807, 2.05) is 0 Å². The maximum Gasteiger partial charge on any atom is -1.00 e. The molecule has 6 aliphatic carbocycles. The van der Waals surface area contributed by atoms with Gasteiger partial charge >= 0.3 is 112 Å². The maximum atomic E-state index is 3.40. The van der Waals surface area contributed by atoms with E-state index in [4.69, 9.17) is 0 Å². The molecular formula is C56H70Cl2Zr-2. The van der Waals surface area contributed by atoms with Gasteiger partial charge in [0.25, 0.3) is 0 Å². The van der Waals surface area contributed by atoms with Crippen LogP contribution in [0.5, 0.6) is 0 Å². The van der Waals surface area contributed by atoms with Gasteiger partial charge in [0.15, 0.2) is 0 Å². The summed E-state index contributed by atoms with van der Waals surface area (Å²) in [5, 5.41) is 0. The molecule has 2 fully saturated rings. The van der Waals surface area contributed by atoms with E-state index in [9.17, 15) is 0 Å². The van der Waals surface area contributed by atoms with E-state index in [2.05, 4.69) is 244 Å². The van der Waals surface area contributed by atoms with E-state index in [1.165, 1.54) is 60.8 Å². The van der Waals surface area contributed by atoms with Gasteiger partial charge in [-0.3, -0.25) is 6.08 Å². The topological polar surface area (TPSA) is 0 Å². The van der Waals surface area contributed by atoms with Gasteiger partial charge in [0.1, 0.15) is 0 Å². The molecule has 2 aromatic rings. The molecule has 9 atom stereocenters. The molecule has 0 aromatic heterocycles. The van der Waals surface area contributed by atoms with Crippen molar-refractivity contribution in [2.75, 3.05) is 0 Å². The number of hydrogen-bond acceptors (Lipinski definition) is 0. The van der Waals surface area contributed by atoms with Gasteiger partial charge < -0.3 is 31.2 Å². The largest absolute Gasteiger partial charge is 1.00 e. The Morgan fingerprint density at radius 3 is 1.53 bits per heavy atom. The van der Waals surface area contributed by atoms with Gasteiger partial charge in [0.05, 0.1) is 0 Å². The van der Waals surface area contributed by atoms with Crippen LogP contribution in [-0.2, 0) is 24.2 Å². The molecule has 0 radical (unpaired) electrons. The first kappa shape index (κ1) is 49.3. The van der Waals surface area contributed by atoms with Crippen LogP contribution in [0.1, 0.15) is 112 Å². The molecule has 2 saturated carbocycles. The monoisotopic (exact) mass is 902 g/mol. The molecule has 8 rings (SSSR count). The van der Waals surface area contributed by atoms with Gasteiger partial charge in [0.2, 0.25) is 0 Å². The molecule has 6 aliphatic rings. The third-order valence-corrected chi connectivity index (χ3v) is 18.5. The van der Waals surface area contributed by atoms with Crippen LogP contribution in [0.3, 0.4) is 0 Å². The standard InChI is InChI=1S/C29H37.C15H14.C12H19.2ClH.Zr/c1-21-14-13-15-22-20-27(6)25(4)18-10-9-16-23(25,2)24(3)17-11-12-19-26(24,5)29(27,8)28(21,22)7;1-12-3-7-14(8-4-12)11-15-9-5-13(2)6-10-15;1-9(2)10-6-7-11(8-10)12(3,4)5;;;/h9-20,22H,1-8H3;3-10H,1-2H3;7-10H,1-5H3;2*1H;/q-1;;-1;;;+2/p-2. The van der Waals surface area contributed by atoms with Crippen LogP contribution in [-0.4, -0.2) is 3.21 Å². The van der Waals surface area contributed by atoms with Gasteiger partial charge in [0, 0.05) is 10.8 Å². The van der Waals surface area contributed by atoms with E-state index >= 15 is 0 Å². The Morgan fingerprint density at radius 1 is 0.661 bits per heavy atom. The minimum Gasteiger partial charge on any atom is -1.00 e. The summed E-state index contributed by atoms with van der Waals surface area (Å²) in [5.41, 5.74) is 8.77. The second-order valence-electron chi connectivity index (χ2n) is 20.8. The third-order valence-electron chi connectivity index (χ3n) is 17.1. The molecule has 3 heteroatoms. The number of halogens is 2. The first-order valence-corrected chi connectivity index (χ1v) is 22.7. The quantitative estimate of drug-likeness (QED) is 0.271. The van der Waals surface area contributed by atoms with Crippen molar-refractivity contribution in [2.24, 2.45) is 61.1 Å². The minimum atomic E-state index is 0. The Morgan fingerprint density at radius 2 is 1.10 bits per heavy atom. The number of allylic oxidation sites excluding steroid dienone is 16. The van der Waals surface area contributed by atoms with Gasteiger partial charge in [-0.15, -0.1) is 17.4 Å². The molecule has 0 spiro atoms. The van der Waals surface area contributed by atoms with Crippen molar-refractivity contribution in [3.05, 3.63) is 173 Å². The van der Waals surface area contributed by atoms with Gasteiger partial charge in [-0.2, -0.15) is 11.6 Å². The molecule has 0 aliphatic heterocycles. The summed E-state index contributed by atoms with van der Waals surface area (Å²) in [5.74, 6) is 1.68. The van der Waals surface area contributed by atoms with Crippen LogP contribution in [0.25, 0.3) is 0 Å². The van der Waals surface area contributed by atoms with E-state index in [0.29, 0.717) is 17.8 Å². The Hall–Kier alpha value is -2.31. The molecule has 314 valence electrons. The molecule has 9 unspecified atom stereocenters. The van der Waals surface area contributed by atoms with Crippen LogP contribution in [0.2, 0.25) is 0 Å². The summed E-state index contributed by atoms with van der Waals surface area (Å²) >= 11 is 1.46. The number of benzene rings is 2. The van der Waals surface area contributed by atoms with Crippen molar-refractivity contribution in [3.8, 4) is 0 Å². The third kappa shape index (κ3) is 7.26. The summed E-state index contributed by atoms with van der Waals surface area (Å²) in [6.45, 7) is 35.8. The number of rotatable bonds is 3. The van der Waals surface area contributed by atoms with Crippen LogP contribution in [0.4, 0.5) is 0 Å². The zero-order chi connectivity index (χ0) is 42.0. The maximum absolute atomic E-state index is 3.40. The van der Waals surface area contributed by atoms with E-state index in [-0.39, 0.29) is 68.1 Å². The first-order chi connectivity index (χ1) is 26.5. The normalized spacial score (nSPS) is 36.6. The Balaban J connectivity index is 0.000000217. The second kappa shape index (κ2) is 17.1. The number of fused-ring (bicyclic) bond motifs is 8.